The average molecular weight is 312 g/mol. The van der Waals surface area contributed by atoms with Gasteiger partial charge in [-0.05, 0) is 49.7 Å². The Morgan fingerprint density at radius 1 is 1.13 bits per heavy atom. The van der Waals surface area contributed by atoms with Gasteiger partial charge in [-0.1, -0.05) is 18.2 Å². The molecule has 0 radical (unpaired) electrons. The van der Waals surface area contributed by atoms with Crippen molar-refractivity contribution in [2.75, 3.05) is 0 Å². The van der Waals surface area contributed by atoms with Crippen LogP contribution in [0.15, 0.2) is 48.5 Å². The van der Waals surface area contributed by atoms with Gasteiger partial charge in [-0.2, -0.15) is 0 Å². The summed E-state index contributed by atoms with van der Waals surface area (Å²) in [5, 5.41) is 1.13. The summed E-state index contributed by atoms with van der Waals surface area (Å²) >= 11 is 0. The lowest BCUT2D eigenvalue weighted by Crippen LogP contribution is -2.08. The summed E-state index contributed by atoms with van der Waals surface area (Å²) < 4.78 is 21.6. The number of ether oxygens (including phenoxy) is 1. The molecule has 0 saturated heterocycles. The normalized spacial score (nSPS) is 11.3. The summed E-state index contributed by atoms with van der Waals surface area (Å²) in [5.41, 5.74) is 8.98. The van der Waals surface area contributed by atoms with Crippen molar-refractivity contribution < 1.29 is 9.13 Å². The minimum atomic E-state index is -0.342. The SMILES string of the molecule is CC(C)n1c(COc2ccccc2F)cc2cc(CN)ccc21. The van der Waals surface area contributed by atoms with Gasteiger partial charge in [-0.15, -0.1) is 0 Å². The van der Waals surface area contributed by atoms with E-state index in [0.717, 1.165) is 22.2 Å². The van der Waals surface area contributed by atoms with Gasteiger partial charge in [0.2, 0.25) is 0 Å². The lowest BCUT2D eigenvalue weighted by atomic mass is 10.1. The highest BCUT2D eigenvalue weighted by Gasteiger charge is 2.13. The summed E-state index contributed by atoms with van der Waals surface area (Å²) in [4.78, 5) is 0. The van der Waals surface area contributed by atoms with Crippen LogP contribution in [0.4, 0.5) is 4.39 Å². The first-order valence-corrected chi connectivity index (χ1v) is 7.80. The number of nitrogens with zero attached hydrogens (tertiary/aromatic N) is 1. The van der Waals surface area contributed by atoms with Crippen LogP contribution in [0.5, 0.6) is 5.75 Å². The topological polar surface area (TPSA) is 40.2 Å². The Kier molecular flexibility index (Phi) is 4.35. The zero-order valence-corrected chi connectivity index (χ0v) is 13.4. The Morgan fingerprint density at radius 3 is 2.61 bits per heavy atom. The van der Waals surface area contributed by atoms with Crippen molar-refractivity contribution in [2.24, 2.45) is 5.73 Å². The molecule has 3 aromatic rings. The molecule has 0 saturated carbocycles. The molecule has 2 N–H and O–H groups in total. The van der Waals surface area contributed by atoms with Gasteiger partial charge in [-0.25, -0.2) is 4.39 Å². The van der Waals surface area contributed by atoms with Crippen LogP contribution >= 0.6 is 0 Å². The maximum absolute atomic E-state index is 13.7. The predicted molar refractivity (Wildman–Crippen MR) is 90.9 cm³/mol. The van der Waals surface area contributed by atoms with Gasteiger partial charge in [0.1, 0.15) is 6.61 Å². The van der Waals surface area contributed by atoms with Crippen LogP contribution in [0, 0.1) is 5.82 Å². The molecule has 0 atom stereocenters. The van der Waals surface area contributed by atoms with E-state index in [1.807, 2.05) is 6.07 Å². The molecule has 120 valence electrons. The van der Waals surface area contributed by atoms with Gasteiger partial charge >= 0.3 is 0 Å². The van der Waals surface area contributed by atoms with Crippen LogP contribution in [-0.4, -0.2) is 4.57 Å². The van der Waals surface area contributed by atoms with Crippen LogP contribution in [0.3, 0.4) is 0 Å². The maximum Gasteiger partial charge on any atom is 0.165 e. The van der Waals surface area contributed by atoms with Gasteiger partial charge in [0, 0.05) is 23.5 Å². The third kappa shape index (κ3) is 3.08. The fourth-order valence-electron chi connectivity index (χ4n) is 2.90. The molecule has 0 aliphatic carbocycles. The molecule has 0 aliphatic rings. The van der Waals surface area contributed by atoms with E-state index >= 15 is 0 Å². The predicted octanol–water partition coefficient (Wildman–Crippen LogP) is 4.40. The summed E-state index contributed by atoms with van der Waals surface area (Å²) in [7, 11) is 0. The van der Waals surface area contributed by atoms with E-state index in [1.54, 1.807) is 18.2 Å². The van der Waals surface area contributed by atoms with E-state index in [2.05, 4.69) is 36.6 Å². The number of hydrogen-bond acceptors (Lipinski definition) is 2. The Balaban J connectivity index is 1.96. The quantitative estimate of drug-likeness (QED) is 0.758. The van der Waals surface area contributed by atoms with Crippen molar-refractivity contribution in [1.29, 1.82) is 0 Å². The summed E-state index contributed by atoms with van der Waals surface area (Å²) in [6.45, 7) is 5.10. The molecule has 2 aromatic carbocycles. The van der Waals surface area contributed by atoms with Gasteiger partial charge < -0.3 is 15.0 Å². The lowest BCUT2D eigenvalue weighted by molar-refractivity contribution is 0.279. The Morgan fingerprint density at radius 2 is 1.91 bits per heavy atom. The lowest BCUT2D eigenvalue weighted by Gasteiger charge is -2.15. The summed E-state index contributed by atoms with van der Waals surface area (Å²) in [5.74, 6) is -0.0687. The number of halogens is 1. The van der Waals surface area contributed by atoms with Crippen molar-refractivity contribution in [2.45, 2.75) is 33.0 Å². The second-order valence-electron chi connectivity index (χ2n) is 5.92. The third-order valence-corrected chi connectivity index (χ3v) is 3.95. The Bertz CT molecular complexity index is 823. The highest BCUT2D eigenvalue weighted by atomic mass is 19.1. The summed E-state index contributed by atoms with van der Waals surface area (Å²) in [6.07, 6.45) is 0. The second kappa shape index (κ2) is 6.42. The first-order valence-electron chi connectivity index (χ1n) is 7.80. The molecule has 0 aliphatic heterocycles. The molecular weight excluding hydrogens is 291 g/mol. The number of aromatic nitrogens is 1. The molecule has 0 fully saturated rings. The fraction of sp³-hybridized carbons (Fsp3) is 0.263. The first kappa shape index (κ1) is 15.6. The van der Waals surface area contributed by atoms with Gasteiger partial charge in [0.15, 0.2) is 11.6 Å². The minimum Gasteiger partial charge on any atom is -0.484 e. The van der Waals surface area contributed by atoms with Crippen molar-refractivity contribution in [3.05, 3.63) is 65.6 Å². The molecule has 0 bridgehead atoms. The van der Waals surface area contributed by atoms with E-state index in [4.69, 9.17) is 10.5 Å². The van der Waals surface area contributed by atoms with Crippen LogP contribution in [0.1, 0.15) is 31.1 Å². The zero-order valence-electron chi connectivity index (χ0n) is 13.4. The number of hydrogen-bond donors (Lipinski definition) is 1. The van der Waals surface area contributed by atoms with E-state index < -0.39 is 0 Å². The standard InChI is InChI=1S/C19H21FN2O/c1-13(2)22-16(12-23-19-6-4-3-5-17(19)20)10-15-9-14(11-21)7-8-18(15)22/h3-10,13H,11-12,21H2,1-2H3. The van der Waals surface area contributed by atoms with Gasteiger partial charge in [0.25, 0.3) is 0 Å². The van der Waals surface area contributed by atoms with Crippen molar-refractivity contribution in [3.63, 3.8) is 0 Å². The summed E-state index contributed by atoms with van der Waals surface area (Å²) in [6, 6.07) is 15.1. The molecule has 4 heteroatoms. The van der Waals surface area contributed by atoms with Crippen LogP contribution in [0.2, 0.25) is 0 Å². The first-order chi connectivity index (χ1) is 11.1. The number of rotatable bonds is 5. The number of benzene rings is 2. The van der Waals surface area contributed by atoms with Crippen molar-refractivity contribution in [1.82, 2.24) is 4.57 Å². The second-order valence-corrected chi connectivity index (χ2v) is 5.92. The van der Waals surface area contributed by atoms with E-state index in [-0.39, 0.29) is 17.6 Å². The number of fused-ring (bicyclic) bond motifs is 1. The number of nitrogens with two attached hydrogens (primary N) is 1. The van der Waals surface area contributed by atoms with Crippen LogP contribution in [0.25, 0.3) is 10.9 Å². The molecule has 0 amide bonds. The van der Waals surface area contributed by atoms with Gasteiger partial charge in [0.05, 0.1) is 5.69 Å². The highest BCUT2D eigenvalue weighted by Crippen LogP contribution is 2.27. The largest absolute Gasteiger partial charge is 0.484 e. The molecule has 1 heterocycles. The van der Waals surface area contributed by atoms with Gasteiger partial charge in [-0.3, -0.25) is 0 Å². The average Bonchev–Trinajstić information content (AvgIpc) is 2.91. The molecule has 23 heavy (non-hydrogen) atoms. The number of para-hydroxylation sites is 1. The molecule has 0 unspecified atom stereocenters. The third-order valence-electron chi connectivity index (χ3n) is 3.95. The Labute approximate surface area is 135 Å². The van der Waals surface area contributed by atoms with Crippen LogP contribution < -0.4 is 10.5 Å². The molecule has 1 aromatic heterocycles. The molecule has 3 nitrogen and oxygen atoms in total. The van der Waals surface area contributed by atoms with Crippen LogP contribution in [-0.2, 0) is 13.2 Å². The maximum atomic E-state index is 13.7. The monoisotopic (exact) mass is 312 g/mol. The van der Waals surface area contributed by atoms with E-state index in [1.165, 1.54) is 6.07 Å². The highest BCUT2D eigenvalue weighted by molar-refractivity contribution is 5.82. The van der Waals surface area contributed by atoms with Crippen molar-refractivity contribution >= 4 is 10.9 Å². The fourth-order valence-corrected chi connectivity index (χ4v) is 2.90. The van der Waals surface area contributed by atoms with Crippen molar-refractivity contribution in [3.8, 4) is 5.75 Å². The zero-order chi connectivity index (χ0) is 16.4. The smallest absolute Gasteiger partial charge is 0.165 e. The molecule has 0 spiro atoms. The Hall–Kier alpha value is -2.33. The minimum absolute atomic E-state index is 0.274. The molecular formula is C19H21FN2O. The molecule has 3 rings (SSSR count). The van der Waals surface area contributed by atoms with E-state index in [9.17, 15) is 4.39 Å². The van der Waals surface area contributed by atoms with E-state index in [0.29, 0.717) is 13.2 Å².